The fourth-order valence-corrected chi connectivity index (χ4v) is 4.86. The summed E-state index contributed by atoms with van der Waals surface area (Å²) in [5.41, 5.74) is 1.24. The van der Waals surface area contributed by atoms with Crippen molar-refractivity contribution in [3.63, 3.8) is 0 Å². The van der Waals surface area contributed by atoms with Crippen LogP contribution in [0.5, 0.6) is 0 Å². The molecule has 10 heteroatoms. The fraction of sp³-hybridized carbons (Fsp3) is 0.375. The van der Waals surface area contributed by atoms with Crippen molar-refractivity contribution < 1.29 is 16.8 Å². The molecule has 6 nitrogen and oxygen atoms in total. The monoisotopic (exact) mass is 524 g/mol. The minimum atomic E-state index is -3.03. The minimum Gasteiger partial charge on any atom is -0.259 e. The maximum Gasteiger partial charge on any atom is 0.158 e. The van der Waals surface area contributed by atoms with E-state index in [0.29, 0.717) is 24.2 Å². The molecule has 0 amide bonds. The molecular weight excluding hydrogens is 508 g/mol. The third-order valence-corrected chi connectivity index (χ3v) is 7.60. The van der Waals surface area contributed by atoms with E-state index < -0.39 is 24.4 Å². The van der Waals surface area contributed by atoms with Gasteiger partial charge in [0.2, 0.25) is 0 Å². The molecule has 142 valence electrons. The second-order valence-corrected chi connectivity index (χ2v) is 12.5. The highest BCUT2D eigenvalue weighted by atomic mass is 79.9. The lowest BCUT2D eigenvalue weighted by Crippen LogP contribution is -2.20. The average molecular weight is 526 g/mol. The van der Waals surface area contributed by atoms with Gasteiger partial charge in [0, 0.05) is 33.9 Å². The summed E-state index contributed by atoms with van der Waals surface area (Å²) < 4.78 is 45.8. The standard InChI is InChI=1S/C9H10BrNO2S.C7H8BrNO2S/c1-14(12,13)9(4-5-9)8-3-2-7(10)6-11-8;1-12(10,11)5-7-3-2-6(8)4-9-7/h2-3,6H,4-5H2,1H3;2-4H,5H2,1H3. The van der Waals surface area contributed by atoms with E-state index >= 15 is 0 Å². The Hall–Kier alpha value is -0.840. The van der Waals surface area contributed by atoms with Gasteiger partial charge in [-0.2, -0.15) is 0 Å². The van der Waals surface area contributed by atoms with Crippen molar-refractivity contribution in [1.82, 2.24) is 9.97 Å². The first-order chi connectivity index (χ1) is 11.9. The number of halogens is 2. The quantitative estimate of drug-likeness (QED) is 0.608. The van der Waals surface area contributed by atoms with Gasteiger partial charge in [-0.1, -0.05) is 0 Å². The third-order valence-electron chi connectivity index (χ3n) is 3.81. The average Bonchev–Trinajstić information content (AvgIpc) is 3.31. The van der Waals surface area contributed by atoms with Crippen LogP contribution in [-0.4, -0.2) is 39.3 Å². The number of rotatable bonds is 4. The van der Waals surface area contributed by atoms with Crippen LogP contribution in [0.2, 0.25) is 0 Å². The maximum atomic E-state index is 11.5. The van der Waals surface area contributed by atoms with Crippen LogP contribution in [0.25, 0.3) is 0 Å². The molecule has 0 atom stereocenters. The Bertz CT molecular complexity index is 970. The van der Waals surface area contributed by atoms with Crippen LogP contribution in [0, 0.1) is 0 Å². The molecule has 1 fully saturated rings. The highest BCUT2D eigenvalue weighted by Gasteiger charge is 2.54. The summed E-state index contributed by atoms with van der Waals surface area (Å²) >= 11 is 6.48. The van der Waals surface area contributed by atoms with Crippen molar-refractivity contribution in [1.29, 1.82) is 0 Å². The van der Waals surface area contributed by atoms with Gasteiger partial charge < -0.3 is 0 Å². The molecule has 26 heavy (non-hydrogen) atoms. The Labute approximate surface area is 170 Å². The number of pyridine rings is 2. The molecule has 0 aliphatic heterocycles. The van der Waals surface area contributed by atoms with E-state index in [1.807, 2.05) is 6.07 Å². The fourth-order valence-electron chi connectivity index (χ4n) is 2.34. The molecule has 2 heterocycles. The van der Waals surface area contributed by atoms with Crippen molar-refractivity contribution in [3.05, 3.63) is 57.0 Å². The number of hydrogen-bond donors (Lipinski definition) is 0. The maximum absolute atomic E-state index is 11.5. The van der Waals surface area contributed by atoms with Gasteiger partial charge in [-0.05, 0) is 69.0 Å². The van der Waals surface area contributed by atoms with E-state index in [4.69, 9.17) is 0 Å². The number of aromatic nitrogens is 2. The third kappa shape index (κ3) is 5.83. The molecule has 3 rings (SSSR count). The van der Waals surface area contributed by atoms with Crippen molar-refractivity contribution in [2.24, 2.45) is 0 Å². The number of hydrogen-bond acceptors (Lipinski definition) is 6. The van der Waals surface area contributed by atoms with Crippen LogP contribution in [-0.2, 0) is 30.2 Å². The SMILES string of the molecule is CS(=O)(=O)C1(c2ccc(Br)cn2)CC1.CS(=O)(=O)Cc1ccc(Br)cn1. The van der Waals surface area contributed by atoms with Gasteiger partial charge in [-0.3, -0.25) is 9.97 Å². The summed E-state index contributed by atoms with van der Waals surface area (Å²) in [6, 6.07) is 7.06. The Balaban J connectivity index is 0.000000190. The zero-order valence-electron chi connectivity index (χ0n) is 14.2. The van der Waals surface area contributed by atoms with E-state index in [1.165, 1.54) is 12.5 Å². The Morgan fingerprint density at radius 2 is 1.46 bits per heavy atom. The molecule has 2 aromatic rings. The molecule has 2 aromatic heterocycles. The van der Waals surface area contributed by atoms with Gasteiger partial charge >= 0.3 is 0 Å². The smallest absolute Gasteiger partial charge is 0.158 e. The van der Waals surface area contributed by atoms with Crippen LogP contribution in [0.4, 0.5) is 0 Å². The predicted molar refractivity (Wildman–Crippen MR) is 108 cm³/mol. The largest absolute Gasteiger partial charge is 0.259 e. The molecule has 0 spiro atoms. The minimum absolute atomic E-state index is 0.000278. The molecule has 0 saturated heterocycles. The van der Waals surface area contributed by atoms with Gasteiger partial charge in [0.15, 0.2) is 19.7 Å². The highest BCUT2D eigenvalue weighted by molar-refractivity contribution is 9.10. The first kappa shape index (κ1) is 21.5. The Morgan fingerprint density at radius 1 is 0.923 bits per heavy atom. The second-order valence-electron chi connectivity index (χ2n) is 6.17. The lowest BCUT2D eigenvalue weighted by Gasteiger charge is -2.11. The zero-order valence-corrected chi connectivity index (χ0v) is 19.0. The van der Waals surface area contributed by atoms with Gasteiger partial charge in [-0.15, -0.1) is 0 Å². The van der Waals surface area contributed by atoms with E-state index in [1.54, 1.807) is 30.6 Å². The Morgan fingerprint density at radius 3 is 1.81 bits per heavy atom. The Kier molecular flexibility index (Phi) is 6.63. The van der Waals surface area contributed by atoms with Gasteiger partial charge in [0.05, 0.1) is 17.1 Å². The van der Waals surface area contributed by atoms with Crippen LogP contribution < -0.4 is 0 Å². The zero-order chi connectivity index (χ0) is 19.6. The summed E-state index contributed by atoms with van der Waals surface area (Å²) in [4.78, 5) is 8.09. The number of nitrogens with zero attached hydrogens (tertiary/aromatic N) is 2. The molecule has 1 aliphatic carbocycles. The van der Waals surface area contributed by atoms with Gasteiger partial charge in [0.25, 0.3) is 0 Å². The van der Waals surface area contributed by atoms with Crippen LogP contribution >= 0.6 is 31.9 Å². The molecule has 1 aliphatic rings. The van der Waals surface area contributed by atoms with Crippen molar-refractivity contribution in [2.45, 2.75) is 23.3 Å². The highest BCUT2D eigenvalue weighted by Crippen LogP contribution is 2.51. The topological polar surface area (TPSA) is 94.1 Å². The van der Waals surface area contributed by atoms with E-state index in [2.05, 4.69) is 41.8 Å². The van der Waals surface area contributed by atoms with E-state index in [9.17, 15) is 16.8 Å². The molecule has 0 radical (unpaired) electrons. The summed E-state index contributed by atoms with van der Waals surface area (Å²) in [7, 11) is -6.00. The molecule has 0 aromatic carbocycles. The molecule has 0 N–H and O–H groups in total. The van der Waals surface area contributed by atoms with Crippen molar-refractivity contribution in [3.8, 4) is 0 Å². The molecular formula is C16H18Br2N2O4S2. The van der Waals surface area contributed by atoms with Crippen LogP contribution in [0.15, 0.2) is 45.6 Å². The normalized spacial score (nSPS) is 15.7. The summed E-state index contributed by atoms with van der Waals surface area (Å²) in [6.45, 7) is 0. The summed E-state index contributed by atoms with van der Waals surface area (Å²) in [6.07, 6.45) is 7.09. The molecule has 0 bridgehead atoms. The molecule has 0 unspecified atom stereocenters. The lowest BCUT2D eigenvalue weighted by atomic mass is 10.2. The summed E-state index contributed by atoms with van der Waals surface area (Å²) in [5.74, 6) is 0.000278. The van der Waals surface area contributed by atoms with Gasteiger partial charge in [-0.25, -0.2) is 16.8 Å². The lowest BCUT2D eigenvalue weighted by molar-refractivity contribution is 0.584. The van der Waals surface area contributed by atoms with E-state index in [0.717, 1.165) is 8.95 Å². The van der Waals surface area contributed by atoms with Crippen LogP contribution in [0.1, 0.15) is 24.2 Å². The number of sulfone groups is 2. The van der Waals surface area contributed by atoms with Crippen molar-refractivity contribution in [2.75, 3.05) is 12.5 Å². The second kappa shape index (κ2) is 8.04. The summed E-state index contributed by atoms with van der Waals surface area (Å²) in [5, 5.41) is 0. The van der Waals surface area contributed by atoms with E-state index in [-0.39, 0.29) is 5.75 Å². The first-order valence-corrected chi connectivity index (χ1v) is 13.1. The van der Waals surface area contributed by atoms with Crippen LogP contribution in [0.3, 0.4) is 0 Å². The first-order valence-electron chi connectivity index (χ1n) is 7.53. The van der Waals surface area contributed by atoms with Crippen molar-refractivity contribution >= 4 is 51.5 Å². The molecule has 1 saturated carbocycles. The van der Waals surface area contributed by atoms with Gasteiger partial charge in [0.1, 0.15) is 4.75 Å². The predicted octanol–water partition coefficient (Wildman–Crippen LogP) is 3.27.